The first-order valence-electron chi connectivity index (χ1n) is 8.61. The number of allylic oxidation sites excluding steroid dienone is 2. The average Bonchev–Trinajstić information content (AvgIpc) is 2.95. The van der Waals surface area contributed by atoms with Crippen molar-refractivity contribution >= 4 is 40.5 Å². The first-order valence-corrected chi connectivity index (χ1v) is 9.36. The molecule has 0 fully saturated rings. The van der Waals surface area contributed by atoms with Crippen LogP contribution in [0, 0.1) is 0 Å². The number of aliphatic imine (C=N–C) groups is 1. The van der Waals surface area contributed by atoms with Crippen LogP contribution in [0.15, 0.2) is 71.4 Å². The second-order valence-corrected chi connectivity index (χ2v) is 7.20. The van der Waals surface area contributed by atoms with Gasteiger partial charge >= 0.3 is 0 Å². The number of hydrogen-bond donors (Lipinski definition) is 1. The quantitative estimate of drug-likeness (QED) is 0.831. The first-order chi connectivity index (χ1) is 13.1. The Hall–Kier alpha value is -2.56. The summed E-state index contributed by atoms with van der Waals surface area (Å²) in [5.74, 6) is -0.0771. The second-order valence-electron chi connectivity index (χ2n) is 6.39. The molecule has 4 rings (SSSR count). The number of amides is 1. The number of dihydropyridines is 1. The lowest BCUT2D eigenvalue weighted by Crippen LogP contribution is -2.34. The van der Waals surface area contributed by atoms with Gasteiger partial charge in [-0.1, -0.05) is 53.5 Å². The van der Waals surface area contributed by atoms with E-state index in [-0.39, 0.29) is 5.91 Å². The van der Waals surface area contributed by atoms with Crippen molar-refractivity contribution in [3.63, 3.8) is 0 Å². The Bertz CT molecular complexity index is 995. The average molecular weight is 398 g/mol. The van der Waals surface area contributed by atoms with Crippen LogP contribution in [0.3, 0.4) is 0 Å². The molecule has 0 aliphatic carbocycles. The van der Waals surface area contributed by atoms with Gasteiger partial charge in [-0.3, -0.25) is 9.79 Å². The lowest BCUT2D eigenvalue weighted by atomic mass is 10.1. The van der Waals surface area contributed by atoms with Crippen molar-refractivity contribution in [2.45, 2.75) is 6.54 Å². The van der Waals surface area contributed by atoms with Gasteiger partial charge in [0.2, 0.25) is 0 Å². The molecule has 27 heavy (non-hydrogen) atoms. The molecule has 0 radical (unpaired) electrons. The molecule has 0 spiro atoms. The highest BCUT2D eigenvalue weighted by Crippen LogP contribution is 2.30. The van der Waals surface area contributed by atoms with E-state index >= 15 is 0 Å². The van der Waals surface area contributed by atoms with Gasteiger partial charge in [-0.2, -0.15) is 0 Å². The van der Waals surface area contributed by atoms with Crippen molar-refractivity contribution in [1.29, 1.82) is 0 Å². The number of rotatable bonds is 4. The summed E-state index contributed by atoms with van der Waals surface area (Å²) in [4.78, 5) is 19.5. The molecule has 0 saturated heterocycles. The number of carbonyl (C=O) groups excluding carboxylic acids is 1. The van der Waals surface area contributed by atoms with Gasteiger partial charge < -0.3 is 10.2 Å². The maximum absolute atomic E-state index is 13.1. The highest BCUT2D eigenvalue weighted by Gasteiger charge is 2.33. The molecular formula is C21H17Cl2N3O. The molecule has 0 bridgehead atoms. The van der Waals surface area contributed by atoms with Crippen LogP contribution in [-0.2, 0) is 11.3 Å². The molecule has 0 aromatic heterocycles. The van der Waals surface area contributed by atoms with Crippen LogP contribution < -0.4 is 10.2 Å². The summed E-state index contributed by atoms with van der Waals surface area (Å²) >= 11 is 12.0. The Morgan fingerprint density at radius 1 is 1.11 bits per heavy atom. The fourth-order valence-corrected chi connectivity index (χ4v) is 3.51. The van der Waals surface area contributed by atoms with Gasteiger partial charge in [0.25, 0.3) is 5.91 Å². The molecule has 2 aromatic carbocycles. The van der Waals surface area contributed by atoms with E-state index in [4.69, 9.17) is 23.2 Å². The summed E-state index contributed by atoms with van der Waals surface area (Å²) in [6.45, 7) is 1.64. The van der Waals surface area contributed by atoms with Crippen molar-refractivity contribution in [1.82, 2.24) is 5.32 Å². The zero-order valence-corrected chi connectivity index (χ0v) is 16.0. The number of hydrogen-bond acceptors (Lipinski definition) is 3. The Morgan fingerprint density at radius 2 is 1.96 bits per heavy atom. The van der Waals surface area contributed by atoms with Gasteiger partial charge in [-0.25, -0.2) is 0 Å². The lowest BCUT2D eigenvalue weighted by Gasteiger charge is -2.20. The molecule has 1 amide bonds. The summed E-state index contributed by atoms with van der Waals surface area (Å²) in [7, 11) is 0. The maximum Gasteiger partial charge on any atom is 0.277 e. The summed E-state index contributed by atoms with van der Waals surface area (Å²) < 4.78 is 0. The molecule has 136 valence electrons. The molecule has 2 aromatic rings. The number of benzene rings is 2. The highest BCUT2D eigenvalue weighted by atomic mass is 35.5. The summed E-state index contributed by atoms with van der Waals surface area (Å²) in [6, 6.07) is 13.2. The molecule has 0 saturated carbocycles. The van der Waals surface area contributed by atoms with Gasteiger partial charge in [0.15, 0.2) is 0 Å². The van der Waals surface area contributed by atoms with Crippen molar-refractivity contribution in [2.75, 3.05) is 18.0 Å². The third kappa shape index (κ3) is 3.64. The van der Waals surface area contributed by atoms with Crippen molar-refractivity contribution in [2.24, 2.45) is 4.99 Å². The van der Waals surface area contributed by atoms with E-state index in [0.717, 1.165) is 28.9 Å². The molecule has 2 aliphatic rings. The molecular weight excluding hydrogens is 381 g/mol. The minimum Gasteiger partial charge on any atom is -0.387 e. The SMILES string of the molecule is O=C1C(=NCc2ccc(Cl)c(Cl)c2)c2ccccc2N1CC1=CC=CNC1. The van der Waals surface area contributed by atoms with Gasteiger partial charge in [0.1, 0.15) is 5.71 Å². The number of fused-ring (bicyclic) bond motifs is 1. The topological polar surface area (TPSA) is 44.7 Å². The number of para-hydroxylation sites is 1. The molecule has 1 N–H and O–H groups in total. The zero-order chi connectivity index (χ0) is 18.8. The highest BCUT2D eigenvalue weighted by molar-refractivity contribution is 6.54. The summed E-state index contributed by atoms with van der Waals surface area (Å²) in [5, 5.41) is 4.16. The van der Waals surface area contributed by atoms with Crippen molar-refractivity contribution in [3.8, 4) is 0 Å². The van der Waals surface area contributed by atoms with Gasteiger partial charge in [0, 0.05) is 18.7 Å². The fourth-order valence-electron chi connectivity index (χ4n) is 3.19. The van der Waals surface area contributed by atoms with E-state index in [0.29, 0.717) is 28.8 Å². The molecule has 2 heterocycles. The standard InChI is InChI=1S/C21H17Cl2N3O/c22-17-8-7-14(10-18(17)23)12-25-20-16-5-1-2-6-19(16)26(21(20)27)13-15-4-3-9-24-11-15/h1-10,24H,11-13H2. The second kappa shape index (κ2) is 7.59. The predicted octanol–water partition coefficient (Wildman–Crippen LogP) is 4.37. The number of nitrogens with zero attached hydrogens (tertiary/aromatic N) is 2. The van der Waals surface area contributed by atoms with Crippen LogP contribution >= 0.6 is 23.2 Å². The Labute approximate surface area is 167 Å². The number of anilines is 1. The van der Waals surface area contributed by atoms with Crippen molar-refractivity contribution < 1.29 is 4.79 Å². The first kappa shape index (κ1) is 17.8. The predicted molar refractivity (Wildman–Crippen MR) is 111 cm³/mol. The monoisotopic (exact) mass is 397 g/mol. The molecule has 6 heteroatoms. The third-order valence-electron chi connectivity index (χ3n) is 4.54. The van der Waals surface area contributed by atoms with Gasteiger partial charge in [-0.05, 0) is 41.6 Å². The van der Waals surface area contributed by atoms with E-state index in [1.807, 2.05) is 48.7 Å². The molecule has 2 aliphatic heterocycles. The maximum atomic E-state index is 13.1. The van der Waals surface area contributed by atoms with Gasteiger partial charge in [0.05, 0.1) is 22.3 Å². The van der Waals surface area contributed by atoms with E-state index in [1.165, 1.54) is 0 Å². The number of nitrogens with one attached hydrogen (secondary N) is 1. The molecule has 0 unspecified atom stereocenters. The van der Waals surface area contributed by atoms with E-state index in [1.54, 1.807) is 17.0 Å². The number of carbonyl (C=O) groups is 1. The van der Waals surface area contributed by atoms with Crippen LogP contribution in [0.1, 0.15) is 11.1 Å². The normalized spacial score (nSPS) is 17.1. The van der Waals surface area contributed by atoms with Gasteiger partial charge in [-0.15, -0.1) is 0 Å². The van der Waals surface area contributed by atoms with Crippen LogP contribution in [-0.4, -0.2) is 24.7 Å². The van der Waals surface area contributed by atoms with Crippen LogP contribution in [0.2, 0.25) is 10.0 Å². The third-order valence-corrected chi connectivity index (χ3v) is 5.28. The van der Waals surface area contributed by atoms with E-state index in [9.17, 15) is 4.79 Å². The summed E-state index contributed by atoms with van der Waals surface area (Å²) in [5.41, 5.74) is 4.29. The zero-order valence-electron chi connectivity index (χ0n) is 14.5. The largest absolute Gasteiger partial charge is 0.387 e. The molecule has 4 nitrogen and oxygen atoms in total. The Kier molecular flexibility index (Phi) is 5.01. The molecule has 0 atom stereocenters. The lowest BCUT2D eigenvalue weighted by molar-refractivity contribution is -0.112. The van der Waals surface area contributed by atoms with E-state index < -0.39 is 0 Å². The van der Waals surface area contributed by atoms with Crippen LogP contribution in [0.4, 0.5) is 5.69 Å². The fraction of sp³-hybridized carbons (Fsp3) is 0.143. The minimum absolute atomic E-state index is 0.0771. The van der Waals surface area contributed by atoms with Crippen LogP contribution in [0.25, 0.3) is 0 Å². The van der Waals surface area contributed by atoms with E-state index in [2.05, 4.69) is 10.3 Å². The van der Waals surface area contributed by atoms with Crippen LogP contribution in [0.5, 0.6) is 0 Å². The smallest absolute Gasteiger partial charge is 0.277 e. The Morgan fingerprint density at radius 3 is 2.74 bits per heavy atom. The summed E-state index contributed by atoms with van der Waals surface area (Å²) in [6.07, 6.45) is 5.88. The Balaban J connectivity index is 1.63. The number of halogens is 2. The van der Waals surface area contributed by atoms with Crippen molar-refractivity contribution in [3.05, 3.63) is 87.6 Å². The minimum atomic E-state index is -0.0771.